The normalized spacial score (nSPS) is 11.2. The molecule has 0 aliphatic carbocycles. The molecule has 5 rings (SSSR count). The Labute approximate surface area is 183 Å². The smallest absolute Gasteiger partial charge is 0.162 e. The number of aromatic nitrogens is 3. The topological polar surface area (TPSA) is 72.1 Å². The summed E-state index contributed by atoms with van der Waals surface area (Å²) in [6, 6.07) is 16.6. The van der Waals surface area contributed by atoms with Crippen molar-refractivity contribution in [2.75, 3.05) is 19.5 Å². The van der Waals surface area contributed by atoms with Crippen molar-refractivity contribution in [2.45, 2.75) is 13.5 Å². The van der Waals surface area contributed by atoms with Crippen molar-refractivity contribution in [3.05, 3.63) is 65.4 Å². The molecule has 7 heteroatoms. The van der Waals surface area contributed by atoms with E-state index in [1.807, 2.05) is 25.3 Å². The van der Waals surface area contributed by atoms with Crippen LogP contribution in [-0.2, 0) is 6.54 Å². The third kappa shape index (κ3) is 3.57. The van der Waals surface area contributed by atoms with Crippen molar-refractivity contribution in [1.29, 1.82) is 0 Å². The zero-order chi connectivity index (χ0) is 21.4. The minimum Gasteiger partial charge on any atom is -0.493 e. The molecule has 2 aromatic carbocycles. The first-order valence-electron chi connectivity index (χ1n) is 9.95. The van der Waals surface area contributed by atoms with Gasteiger partial charge in [-0.15, -0.1) is 11.3 Å². The molecule has 0 fully saturated rings. The van der Waals surface area contributed by atoms with Crippen LogP contribution in [-0.4, -0.2) is 29.2 Å². The fraction of sp³-hybridized carbons (Fsp3) is 0.167. The van der Waals surface area contributed by atoms with Crippen LogP contribution in [0.15, 0.2) is 54.7 Å². The number of nitrogens with zero attached hydrogens (tertiary/aromatic N) is 2. The summed E-state index contributed by atoms with van der Waals surface area (Å²) in [6.07, 6.45) is 1.98. The highest BCUT2D eigenvalue weighted by Crippen LogP contribution is 2.36. The van der Waals surface area contributed by atoms with E-state index in [0.717, 1.165) is 22.2 Å². The van der Waals surface area contributed by atoms with Gasteiger partial charge in [0.15, 0.2) is 11.5 Å². The van der Waals surface area contributed by atoms with Crippen LogP contribution < -0.4 is 14.8 Å². The van der Waals surface area contributed by atoms with Gasteiger partial charge in [-0.25, -0.2) is 9.97 Å². The van der Waals surface area contributed by atoms with Gasteiger partial charge in [0.05, 0.1) is 26.3 Å². The van der Waals surface area contributed by atoms with Gasteiger partial charge in [0, 0.05) is 43.9 Å². The lowest BCUT2D eigenvalue weighted by Gasteiger charge is -2.12. The Balaban J connectivity index is 1.44. The lowest BCUT2D eigenvalue weighted by Crippen LogP contribution is -2.04. The lowest BCUT2D eigenvalue weighted by atomic mass is 10.1. The highest BCUT2D eigenvalue weighted by Gasteiger charge is 2.13. The fourth-order valence-electron chi connectivity index (χ4n) is 3.80. The van der Waals surface area contributed by atoms with Crippen molar-refractivity contribution in [1.82, 2.24) is 15.0 Å². The van der Waals surface area contributed by atoms with Gasteiger partial charge >= 0.3 is 0 Å². The van der Waals surface area contributed by atoms with Crippen molar-refractivity contribution in [3.63, 3.8) is 0 Å². The Morgan fingerprint density at radius 1 is 0.968 bits per heavy atom. The van der Waals surface area contributed by atoms with E-state index >= 15 is 0 Å². The molecular weight excluding hydrogens is 408 g/mol. The molecule has 0 radical (unpaired) electrons. The molecule has 0 spiro atoms. The Morgan fingerprint density at radius 2 is 1.81 bits per heavy atom. The SMILES string of the molecule is COc1cc2nc(C)nc(NCc3ccc(-c4cccc5[nH]ccc45)s3)c2cc1OC. The number of hydrogen-bond donors (Lipinski definition) is 2. The number of H-pyrrole nitrogens is 1. The number of methoxy groups -OCH3 is 2. The number of thiophene rings is 1. The summed E-state index contributed by atoms with van der Waals surface area (Å²) in [6.45, 7) is 2.57. The first-order chi connectivity index (χ1) is 15.2. The summed E-state index contributed by atoms with van der Waals surface area (Å²) in [5.74, 6) is 2.80. The molecule has 3 aromatic heterocycles. The molecule has 0 saturated carbocycles. The van der Waals surface area contributed by atoms with Gasteiger partial charge in [-0.1, -0.05) is 12.1 Å². The van der Waals surface area contributed by atoms with E-state index in [-0.39, 0.29) is 0 Å². The number of ether oxygens (including phenoxy) is 2. The van der Waals surface area contributed by atoms with Crippen LogP contribution >= 0.6 is 11.3 Å². The molecule has 0 atom stereocenters. The van der Waals surface area contributed by atoms with Crippen LogP contribution in [0.25, 0.3) is 32.2 Å². The third-order valence-corrected chi connectivity index (χ3v) is 6.38. The minimum absolute atomic E-state index is 0.654. The van der Waals surface area contributed by atoms with Crippen LogP contribution in [0.1, 0.15) is 10.7 Å². The second kappa shape index (κ2) is 7.92. The van der Waals surface area contributed by atoms with Gasteiger partial charge in [-0.05, 0) is 37.3 Å². The summed E-state index contributed by atoms with van der Waals surface area (Å²) in [5, 5.41) is 5.63. The molecule has 3 heterocycles. The second-order valence-corrected chi connectivity index (χ2v) is 8.38. The number of nitrogens with one attached hydrogen (secondary N) is 2. The van der Waals surface area contributed by atoms with Crippen LogP contribution in [0.3, 0.4) is 0 Å². The van der Waals surface area contributed by atoms with Crippen molar-refractivity contribution < 1.29 is 9.47 Å². The molecule has 31 heavy (non-hydrogen) atoms. The molecule has 0 aliphatic rings. The predicted molar refractivity (Wildman–Crippen MR) is 126 cm³/mol. The van der Waals surface area contributed by atoms with E-state index in [4.69, 9.17) is 9.47 Å². The quantitative estimate of drug-likeness (QED) is 0.357. The third-order valence-electron chi connectivity index (χ3n) is 5.26. The lowest BCUT2D eigenvalue weighted by molar-refractivity contribution is 0.356. The van der Waals surface area contributed by atoms with Crippen molar-refractivity contribution >= 4 is 39.0 Å². The average Bonchev–Trinajstić information content (AvgIpc) is 3.45. The average molecular weight is 431 g/mol. The Bertz CT molecular complexity index is 1390. The maximum Gasteiger partial charge on any atom is 0.162 e. The molecule has 2 N–H and O–H groups in total. The highest BCUT2D eigenvalue weighted by molar-refractivity contribution is 7.15. The van der Waals surface area contributed by atoms with Gasteiger partial charge in [0.2, 0.25) is 0 Å². The monoisotopic (exact) mass is 430 g/mol. The number of fused-ring (bicyclic) bond motifs is 2. The van der Waals surface area contributed by atoms with Crippen LogP contribution in [0.4, 0.5) is 5.82 Å². The summed E-state index contributed by atoms with van der Waals surface area (Å²) >= 11 is 1.78. The molecule has 0 unspecified atom stereocenters. The van der Waals surface area contributed by atoms with E-state index in [1.54, 1.807) is 25.6 Å². The van der Waals surface area contributed by atoms with E-state index < -0.39 is 0 Å². The summed E-state index contributed by atoms with van der Waals surface area (Å²) in [7, 11) is 3.25. The molecule has 5 aromatic rings. The van der Waals surface area contributed by atoms with Crippen LogP contribution in [0, 0.1) is 6.92 Å². The van der Waals surface area contributed by atoms with E-state index in [0.29, 0.717) is 23.9 Å². The molecule has 0 bridgehead atoms. The predicted octanol–water partition coefficient (Wildman–Crippen LogP) is 5.78. The van der Waals surface area contributed by atoms with E-state index in [1.165, 1.54) is 20.7 Å². The van der Waals surface area contributed by atoms with E-state index in [9.17, 15) is 0 Å². The van der Waals surface area contributed by atoms with Crippen LogP contribution in [0.5, 0.6) is 11.5 Å². The molecule has 0 aliphatic heterocycles. The first kappa shape index (κ1) is 19.4. The number of hydrogen-bond acceptors (Lipinski definition) is 6. The van der Waals surface area contributed by atoms with Gasteiger partial charge in [0.25, 0.3) is 0 Å². The number of anilines is 1. The maximum absolute atomic E-state index is 5.46. The Hall–Kier alpha value is -3.58. The molecule has 0 saturated heterocycles. The summed E-state index contributed by atoms with van der Waals surface area (Å²) in [4.78, 5) is 14.9. The molecular formula is C24H22N4O2S. The van der Waals surface area contributed by atoms with Gasteiger partial charge in [-0.3, -0.25) is 0 Å². The summed E-state index contributed by atoms with van der Waals surface area (Å²) in [5.41, 5.74) is 3.21. The number of aromatic amines is 1. The van der Waals surface area contributed by atoms with Crippen LogP contribution in [0.2, 0.25) is 0 Å². The molecule has 0 amide bonds. The van der Waals surface area contributed by atoms with Gasteiger partial charge in [-0.2, -0.15) is 0 Å². The number of rotatable bonds is 6. The maximum atomic E-state index is 5.46. The second-order valence-electron chi connectivity index (χ2n) is 7.21. The van der Waals surface area contributed by atoms with Gasteiger partial charge < -0.3 is 19.8 Å². The molecule has 156 valence electrons. The first-order valence-corrected chi connectivity index (χ1v) is 10.8. The largest absolute Gasteiger partial charge is 0.493 e. The molecule has 6 nitrogen and oxygen atoms in total. The van der Waals surface area contributed by atoms with Crippen molar-refractivity contribution in [2.24, 2.45) is 0 Å². The highest BCUT2D eigenvalue weighted by atomic mass is 32.1. The zero-order valence-electron chi connectivity index (χ0n) is 17.5. The summed E-state index contributed by atoms with van der Waals surface area (Å²) < 4.78 is 10.9. The number of benzene rings is 2. The fourth-order valence-corrected chi connectivity index (χ4v) is 4.78. The minimum atomic E-state index is 0.654. The zero-order valence-corrected chi connectivity index (χ0v) is 18.3. The van der Waals surface area contributed by atoms with E-state index in [2.05, 4.69) is 56.7 Å². The number of aryl methyl sites for hydroxylation is 1. The van der Waals surface area contributed by atoms with Gasteiger partial charge in [0.1, 0.15) is 11.6 Å². The Morgan fingerprint density at radius 3 is 2.65 bits per heavy atom. The van der Waals surface area contributed by atoms with Crippen molar-refractivity contribution in [3.8, 4) is 21.9 Å². The Kier molecular flexibility index (Phi) is 4.95. The standard InChI is InChI=1S/C24H22N4O2S/c1-14-27-20-12-22(30-3)21(29-2)11-18(20)24(28-14)26-13-15-7-8-23(31-15)17-5-4-6-19-16(17)9-10-25-19/h4-12,25H,13H2,1-3H3,(H,26,27,28).